The highest BCUT2D eigenvalue weighted by Crippen LogP contribution is 2.31. The molecule has 0 aromatic heterocycles. The fourth-order valence-electron chi connectivity index (χ4n) is 2.62. The van der Waals surface area contributed by atoms with Gasteiger partial charge in [0.05, 0.1) is 5.56 Å². The van der Waals surface area contributed by atoms with Gasteiger partial charge in [-0.05, 0) is 43.0 Å². The molecule has 1 aliphatic heterocycles. The summed E-state index contributed by atoms with van der Waals surface area (Å²) in [5, 5.41) is 8.97. The summed E-state index contributed by atoms with van der Waals surface area (Å²) in [6, 6.07) is 5.00. The van der Waals surface area contributed by atoms with Crippen LogP contribution in [0.3, 0.4) is 0 Å². The average Bonchev–Trinajstić information content (AvgIpc) is 2.82. The molecule has 1 N–H and O–H groups in total. The molecule has 0 saturated heterocycles. The molecule has 0 aliphatic carbocycles. The van der Waals surface area contributed by atoms with E-state index >= 15 is 0 Å². The predicted octanol–water partition coefficient (Wildman–Crippen LogP) is 2.71. The van der Waals surface area contributed by atoms with Crippen molar-refractivity contribution in [2.45, 2.75) is 33.1 Å². The van der Waals surface area contributed by atoms with Gasteiger partial charge in [-0.2, -0.15) is 0 Å². The quantitative estimate of drug-likeness (QED) is 0.906. The molecule has 0 unspecified atom stereocenters. The lowest BCUT2D eigenvalue weighted by Gasteiger charge is -2.22. The van der Waals surface area contributed by atoms with Crippen molar-refractivity contribution in [2.75, 3.05) is 11.4 Å². The topological polar surface area (TPSA) is 57.6 Å². The number of amides is 1. The first-order valence-electron chi connectivity index (χ1n) is 6.76. The maximum Gasteiger partial charge on any atom is 0.335 e. The number of carboxylic acids is 1. The largest absolute Gasteiger partial charge is 0.478 e. The van der Waals surface area contributed by atoms with Gasteiger partial charge in [-0.25, -0.2) is 4.79 Å². The Kier molecular flexibility index (Phi) is 3.88. The molecule has 0 fully saturated rings. The van der Waals surface area contributed by atoms with E-state index < -0.39 is 5.97 Å². The molecule has 1 aromatic carbocycles. The van der Waals surface area contributed by atoms with Crippen LogP contribution in [0.25, 0.3) is 0 Å². The zero-order chi connectivity index (χ0) is 14.0. The van der Waals surface area contributed by atoms with E-state index in [4.69, 9.17) is 5.11 Å². The molecule has 0 atom stereocenters. The molecule has 0 radical (unpaired) electrons. The molecule has 2 rings (SSSR count). The van der Waals surface area contributed by atoms with Crippen LogP contribution in [-0.4, -0.2) is 23.5 Å². The average molecular weight is 261 g/mol. The van der Waals surface area contributed by atoms with Gasteiger partial charge in [-0.1, -0.05) is 13.8 Å². The summed E-state index contributed by atoms with van der Waals surface area (Å²) in [6.45, 7) is 4.71. The number of carboxylic acid groups (broad SMARTS) is 1. The maximum atomic E-state index is 12.4. The molecule has 1 amide bonds. The van der Waals surface area contributed by atoms with Crippen LogP contribution in [0.2, 0.25) is 0 Å². The van der Waals surface area contributed by atoms with E-state index in [-0.39, 0.29) is 17.4 Å². The van der Waals surface area contributed by atoms with Crippen LogP contribution in [-0.2, 0) is 11.2 Å². The van der Waals surface area contributed by atoms with Crippen molar-refractivity contribution in [3.63, 3.8) is 0 Å². The standard InChI is InChI=1S/C15H19NO3/c1-3-10(4-2)14(17)16-8-7-11-9-12(15(18)19)5-6-13(11)16/h5-6,9-10H,3-4,7-8H2,1-2H3,(H,18,19). The van der Waals surface area contributed by atoms with E-state index in [9.17, 15) is 9.59 Å². The Morgan fingerprint density at radius 1 is 1.32 bits per heavy atom. The van der Waals surface area contributed by atoms with Crippen molar-refractivity contribution in [1.82, 2.24) is 0 Å². The minimum Gasteiger partial charge on any atom is -0.478 e. The molecule has 0 saturated carbocycles. The number of nitrogens with zero attached hydrogens (tertiary/aromatic N) is 1. The first kappa shape index (κ1) is 13.6. The Bertz CT molecular complexity index is 506. The highest BCUT2D eigenvalue weighted by Gasteiger charge is 2.28. The lowest BCUT2D eigenvalue weighted by atomic mass is 10.0. The third-order valence-electron chi connectivity index (χ3n) is 3.82. The molecule has 1 heterocycles. The van der Waals surface area contributed by atoms with Gasteiger partial charge in [-0.15, -0.1) is 0 Å². The smallest absolute Gasteiger partial charge is 0.335 e. The van der Waals surface area contributed by atoms with Gasteiger partial charge in [0.15, 0.2) is 0 Å². The predicted molar refractivity (Wildman–Crippen MR) is 73.5 cm³/mol. The van der Waals surface area contributed by atoms with Gasteiger partial charge in [0, 0.05) is 18.2 Å². The number of carbonyl (C=O) groups is 2. The van der Waals surface area contributed by atoms with Crippen molar-refractivity contribution in [1.29, 1.82) is 0 Å². The van der Waals surface area contributed by atoms with Gasteiger partial charge >= 0.3 is 5.97 Å². The normalized spacial score (nSPS) is 13.7. The summed E-state index contributed by atoms with van der Waals surface area (Å²) >= 11 is 0. The number of rotatable bonds is 4. The Morgan fingerprint density at radius 2 is 2.00 bits per heavy atom. The molecule has 0 bridgehead atoms. The Labute approximate surface area is 113 Å². The number of hydrogen-bond acceptors (Lipinski definition) is 2. The summed E-state index contributed by atoms with van der Waals surface area (Å²) in [6.07, 6.45) is 2.42. The first-order chi connectivity index (χ1) is 9.08. The molecule has 1 aromatic rings. The van der Waals surface area contributed by atoms with Crippen molar-refractivity contribution >= 4 is 17.6 Å². The number of aromatic carboxylic acids is 1. The molecule has 19 heavy (non-hydrogen) atoms. The number of hydrogen-bond donors (Lipinski definition) is 1. The number of carbonyl (C=O) groups excluding carboxylic acids is 1. The number of benzene rings is 1. The van der Waals surface area contributed by atoms with Crippen molar-refractivity contribution in [2.24, 2.45) is 5.92 Å². The molecule has 0 spiro atoms. The van der Waals surface area contributed by atoms with Crippen LogP contribution in [0.4, 0.5) is 5.69 Å². The van der Waals surface area contributed by atoms with Crippen LogP contribution in [0, 0.1) is 5.92 Å². The number of fused-ring (bicyclic) bond motifs is 1. The molecular formula is C15H19NO3. The molecule has 1 aliphatic rings. The van der Waals surface area contributed by atoms with E-state index in [0.29, 0.717) is 6.54 Å². The Hall–Kier alpha value is -1.84. The summed E-state index contributed by atoms with van der Waals surface area (Å²) in [5.41, 5.74) is 2.12. The van der Waals surface area contributed by atoms with Gasteiger partial charge in [0.2, 0.25) is 5.91 Å². The second-order valence-electron chi connectivity index (χ2n) is 4.90. The van der Waals surface area contributed by atoms with Crippen LogP contribution in [0.15, 0.2) is 18.2 Å². The van der Waals surface area contributed by atoms with Gasteiger partial charge < -0.3 is 10.0 Å². The first-order valence-corrected chi connectivity index (χ1v) is 6.76. The van der Waals surface area contributed by atoms with Gasteiger partial charge in [0.1, 0.15) is 0 Å². The van der Waals surface area contributed by atoms with Crippen LogP contribution >= 0.6 is 0 Å². The summed E-state index contributed by atoms with van der Waals surface area (Å²) in [4.78, 5) is 25.1. The second-order valence-corrected chi connectivity index (χ2v) is 4.90. The van der Waals surface area contributed by atoms with Crippen LogP contribution in [0.1, 0.15) is 42.6 Å². The second kappa shape index (κ2) is 5.43. The highest BCUT2D eigenvalue weighted by molar-refractivity contribution is 5.98. The zero-order valence-electron chi connectivity index (χ0n) is 11.3. The van der Waals surface area contributed by atoms with Crippen molar-refractivity contribution in [3.05, 3.63) is 29.3 Å². The molecular weight excluding hydrogens is 242 g/mol. The minimum absolute atomic E-state index is 0.0603. The van der Waals surface area contributed by atoms with Crippen LogP contribution < -0.4 is 4.90 Å². The molecule has 102 valence electrons. The number of anilines is 1. The Balaban J connectivity index is 2.27. The van der Waals surface area contributed by atoms with Gasteiger partial charge in [0.25, 0.3) is 0 Å². The van der Waals surface area contributed by atoms with Gasteiger partial charge in [-0.3, -0.25) is 4.79 Å². The molecule has 4 heteroatoms. The SMILES string of the molecule is CCC(CC)C(=O)N1CCc2cc(C(=O)O)ccc21. The van der Waals surface area contributed by atoms with E-state index in [1.165, 1.54) is 0 Å². The summed E-state index contributed by atoms with van der Waals surface area (Å²) in [5.74, 6) is -0.704. The summed E-state index contributed by atoms with van der Waals surface area (Å²) < 4.78 is 0. The maximum absolute atomic E-state index is 12.4. The highest BCUT2D eigenvalue weighted by atomic mass is 16.4. The molecule has 4 nitrogen and oxygen atoms in total. The Morgan fingerprint density at radius 3 is 2.58 bits per heavy atom. The third kappa shape index (κ3) is 2.48. The van der Waals surface area contributed by atoms with Crippen LogP contribution in [0.5, 0.6) is 0 Å². The zero-order valence-corrected chi connectivity index (χ0v) is 11.3. The van der Waals surface area contributed by atoms with E-state index in [0.717, 1.165) is 30.5 Å². The minimum atomic E-state index is -0.924. The van der Waals surface area contributed by atoms with Crippen molar-refractivity contribution in [3.8, 4) is 0 Å². The van der Waals surface area contributed by atoms with E-state index in [1.54, 1.807) is 23.1 Å². The fourth-order valence-corrected chi connectivity index (χ4v) is 2.62. The fraction of sp³-hybridized carbons (Fsp3) is 0.467. The third-order valence-corrected chi connectivity index (χ3v) is 3.82. The lowest BCUT2D eigenvalue weighted by molar-refractivity contribution is -0.122. The monoisotopic (exact) mass is 261 g/mol. The van der Waals surface area contributed by atoms with Crippen molar-refractivity contribution < 1.29 is 14.7 Å². The lowest BCUT2D eigenvalue weighted by Crippen LogP contribution is -2.34. The van der Waals surface area contributed by atoms with E-state index in [2.05, 4.69) is 0 Å². The summed E-state index contributed by atoms with van der Waals surface area (Å²) in [7, 11) is 0. The van der Waals surface area contributed by atoms with E-state index in [1.807, 2.05) is 13.8 Å².